The molecule has 0 aromatic heterocycles. The minimum atomic E-state index is -0.269. The van der Waals surface area contributed by atoms with Crippen molar-refractivity contribution in [3.63, 3.8) is 0 Å². The van der Waals surface area contributed by atoms with E-state index < -0.39 is 0 Å². The molecule has 1 aliphatic heterocycles. The second kappa shape index (κ2) is 7.73. The van der Waals surface area contributed by atoms with Gasteiger partial charge in [-0.05, 0) is 43.4 Å². The molecule has 1 saturated carbocycles. The Hall–Kier alpha value is -3.12. The van der Waals surface area contributed by atoms with Crippen LogP contribution in [0.3, 0.4) is 0 Å². The molecule has 6 heteroatoms. The van der Waals surface area contributed by atoms with Crippen LogP contribution in [0.4, 0.5) is 17.1 Å². The van der Waals surface area contributed by atoms with Gasteiger partial charge in [-0.2, -0.15) is 0 Å². The summed E-state index contributed by atoms with van der Waals surface area (Å²) in [6, 6.07) is 10.1. The van der Waals surface area contributed by atoms with Crippen LogP contribution in [0.25, 0.3) is 0 Å². The number of amidine groups is 1. The summed E-state index contributed by atoms with van der Waals surface area (Å²) >= 11 is 0. The minimum Gasteiger partial charge on any atom is -0.398 e. The number of hydrogen-bond donors (Lipinski definition) is 5. The van der Waals surface area contributed by atoms with Gasteiger partial charge in [0, 0.05) is 57.7 Å². The number of rotatable bonds is 3. The van der Waals surface area contributed by atoms with Crippen LogP contribution in [0, 0.1) is 28.6 Å². The molecule has 5 atom stereocenters. The highest BCUT2D eigenvalue weighted by Gasteiger charge is 2.65. The van der Waals surface area contributed by atoms with Crippen molar-refractivity contribution in [2.24, 2.45) is 23.5 Å². The number of fused-ring (bicyclic) bond motifs is 7. The average molecular weight is 446 g/mol. The van der Waals surface area contributed by atoms with Crippen molar-refractivity contribution in [2.45, 2.75) is 38.6 Å². The van der Waals surface area contributed by atoms with Gasteiger partial charge in [0.25, 0.3) is 0 Å². The third kappa shape index (κ3) is 2.90. The second-order valence-corrected chi connectivity index (χ2v) is 9.96. The topological polar surface area (TPSA) is 126 Å². The highest BCUT2D eigenvalue weighted by Crippen LogP contribution is 2.67. The zero-order valence-electron chi connectivity index (χ0n) is 20.3. The number of benzene rings is 2. The fourth-order valence-corrected chi connectivity index (χ4v) is 6.87. The Bertz CT molecular complexity index is 1160. The van der Waals surface area contributed by atoms with Crippen LogP contribution in [0.15, 0.2) is 42.5 Å². The third-order valence-electron chi connectivity index (χ3n) is 8.58. The Labute approximate surface area is 197 Å². The van der Waals surface area contributed by atoms with Crippen LogP contribution in [0.1, 0.15) is 55.4 Å². The van der Waals surface area contributed by atoms with Crippen LogP contribution < -0.4 is 21.7 Å². The summed E-state index contributed by atoms with van der Waals surface area (Å²) in [5.74, 6) is 1.56. The smallest absolute Gasteiger partial charge is 0.137 e. The number of allylic oxidation sites excluding steroid dienone is 2. The maximum atomic E-state index is 8.12. The van der Waals surface area contributed by atoms with Crippen molar-refractivity contribution in [3.8, 4) is 0 Å². The summed E-state index contributed by atoms with van der Waals surface area (Å²) in [5, 5.41) is 16.1. The summed E-state index contributed by atoms with van der Waals surface area (Å²) in [7, 11) is 4.50. The maximum absolute atomic E-state index is 8.12. The summed E-state index contributed by atoms with van der Waals surface area (Å²) in [4.78, 5) is 0. The zero-order valence-corrected chi connectivity index (χ0v) is 20.3. The molecule has 33 heavy (non-hydrogen) atoms. The number of nitrogen functional groups attached to an aromatic ring is 3. The highest BCUT2D eigenvalue weighted by molar-refractivity contribution is 6.00. The molecule has 2 aromatic carbocycles. The normalized spacial score (nSPS) is 30.1. The van der Waals surface area contributed by atoms with Gasteiger partial charge in [0.15, 0.2) is 0 Å². The zero-order chi connectivity index (χ0) is 24.3. The van der Waals surface area contributed by atoms with Gasteiger partial charge in [0.1, 0.15) is 17.1 Å². The molecular formula is C27H37N6+. The van der Waals surface area contributed by atoms with E-state index in [4.69, 9.17) is 28.0 Å². The van der Waals surface area contributed by atoms with Gasteiger partial charge in [-0.15, -0.1) is 0 Å². The van der Waals surface area contributed by atoms with E-state index >= 15 is 0 Å². The second-order valence-electron chi connectivity index (χ2n) is 9.96. The number of nitrogens with two attached hydrogens (primary N) is 3. The van der Waals surface area contributed by atoms with Crippen molar-refractivity contribution in [1.29, 1.82) is 10.8 Å². The molecule has 1 heterocycles. The molecule has 0 radical (unpaired) electrons. The molecule has 0 saturated heterocycles. The van der Waals surface area contributed by atoms with Crippen molar-refractivity contribution in [3.05, 3.63) is 64.7 Å². The first kappa shape index (κ1) is 23.1. The summed E-state index contributed by atoms with van der Waals surface area (Å²) < 4.78 is 0.628. The average Bonchev–Trinajstić information content (AvgIpc) is 3.41. The van der Waals surface area contributed by atoms with Crippen LogP contribution in [-0.4, -0.2) is 26.1 Å². The number of nitrogens with zero attached hydrogens (tertiary/aromatic N) is 1. The lowest BCUT2D eigenvalue weighted by Crippen LogP contribution is -2.65. The van der Waals surface area contributed by atoms with E-state index in [1.165, 1.54) is 17.5 Å². The van der Waals surface area contributed by atoms with Gasteiger partial charge >= 0.3 is 0 Å². The Morgan fingerprint density at radius 3 is 2.33 bits per heavy atom. The molecule has 6 nitrogen and oxygen atoms in total. The van der Waals surface area contributed by atoms with E-state index in [1.807, 2.05) is 32.0 Å². The number of quaternary nitrogens is 1. The Morgan fingerprint density at radius 2 is 1.70 bits per heavy atom. The SMILES string of the molecule is CC.CC1(c2ccc(N)c(C(=N)N)c2)[C@@H]2C3C=CC(C3)[C@@H]2c2c(ccc(N)c2C=N)[N+]1(C)C. The Balaban J connectivity index is 0.00000126. The summed E-state index contributed by atoms with van der Waals surface area (Å²) in [5.41, 5.74) is 24.4. The first-order valence-electron chi connectivity index (χ1n) is 11.8. The van der Waals surface area contributed by atoms with E-state index in [9.17, 15) is 0 Å². The molecule has 0 spiro atoms. The van der Waals surface area contributed by atoms with Crippen molar-refractivity contribution < 1.29 is 0 Å². The molecule has 174 valence electrons. The predicted molar refractivity (Wildman–Crippen MR) is 140 cm³/mol. The van der Waals surface area contributed by atoms with Gasteiger partial charge in [-0.3, -0.25) is 9.89 Å². The standard InChI is InChI=1S/C25H31N6.C2H6/c1-25(15-6-7-18(27)16(11-15)24(29)30)23-14-5-4-13(10-14)21(23)22-17(12-26)19(28)8-9-20(22)31(25,2)3;1-2/h4-9,11-14,21,23,26H,10,27-28H2,1-3H3,(H3,29,30);1-2H3/q+1;/t13?,14?,21-,23-,25?;/m1./s1. The lowest BCUT2D eigenvalue weighted by molar-refractivity contribution is 0.0531. The van der Waals surface area contributed by atoms with Gasteiger partial charge in [-0.25, -0.2) is 0 Å². The third-order valence-corrected chi connectivity index (χ3v) is 8.58. The summed E-state index contributed by atoms with van der Waals surface area (Å²) in [6.07, 6.45) is 7.31. The van der Waals surface area contributed by atoms with Crippen LogP contribution in [0.5, 0.6) is 0 Å². The first-order chi connectivity index (χ1) is 15.6. The number of anilines is 2. The number of nitrogens with one attached hydrogen (secondary N) is 2. The van der Waals surface area contributed by atoms with E-state index in [-0.39, 0.29) is 11.4 Å². The van der Waals surface area contributed by atoms with E-state index in [2.05, 4.69) is 45.3 Å². The Kier molecular flexibility index (Phi) is 5.40. The van der Waals surface area contributed by atoms with Gasteiger partial charge in [0.05, 0.1) is 14.1 Å². The van der Waals surface area contributed by atoms with Crippen molar-refractivity contribution >= 4 is 29.1 Å². The molecule has 3 unspecified atom stereocenters. The lowest BCUT2D eigenvalue weighted by atomic mass is 9.60. The molecule has 2 aromatic rings. The van der Waals surface area contributed by atoms with E-state index in [0.29, 0.717) is 45.1 Å². The predicted octanol–water partition coefficient (Wildman–Crippen LogP) is 4.56. The molecule has 8 N–H and O–H groups in total. The molecule has 1 fully saturated rings. The van der Waals surface area contributed by atoms with Gasteiger partial charge in [-0.1, -0.05) is 32.1 Å². The molecular weight excluding hydrogens is 408 g/mol. The largest absolute Gasteiger partial charge is 0.398 e. The Morgan fingerprint density at radius 1 is 1.06 bits per heavy atom. The van der Waals surface area contributed by atoms with Crippen LogP contribution in [0.2, 0.25) is 0 Å². The molecule has 2 aliphatic carbocycles. The van der Waals surface area contributed by atoms with Gasteiger partial charge in [0.2, 0.25) is 0 Å². The van der Waals surface area contributed by atoms with E-state index in [1.54, 1.807) is 0 Å². The van der Waals surface area contributed by atoms with E-state index in [0.717, 1.165) is 17.5 Å². The quantitative estimate of drug-likeness (QED) is 0.156. The molecule has 2 bridgehead atoms. The maximum Gasteiger partial charge on any atom is 0.137 e. The molecule has 5 rings (SSSR count). The fraction of sp³-hybridized carbons (Fsp3) is 0.407. The highest BCUT2D eigenvalue weighted by atomic mass is 15.4. The van der Waals surface area contributed by atoms with Crippen molar-refractivity contribution in [1.82, 2.24) is 4.48 Å². The van der Waals surface area contributed by atoms with Crippen LogP contribution in [-0.2, 0) is 5.54 Å². The number of hydrogen-bond acceptors (Lipinski definition) is 4. The summed E-state index contributed by atoms with van der Waals surface area (Å²) in [6.45, 7) is 6.35. The minimum absolute atomic E-state index is 0.00674. The van der Waals surface area contributed by atoms with Gasteiger partial charge < -0.3 is 22.6 Å². The fourth-order valence-electron chi connectivity index (χ4n) is 6.87. The van der Waals surface area contributed by atoms with Crippen LogP contribution >= 0.6 is 0 Å². The molecule has 0 amide bonds. The first-order valence-corrected chi connectivity index (χ1v) is 11.8. The lowest BCUT2D eigenvalue weighted by Gasteiger charge is -2.57. The monoisotopic (exact) mass is 445 g/mol. The molecule has 3 aliphatic rings. The van der Waals surface area contributed by atoms with Crippen molar-refractivity contribution in [2.75, 3.05) is 25.6 Å².